The molecule has 0 spiro atoms. The van der Waals surface area contributed by atoms with Crippen LogP contribution in [-0.4, -0.2) is 42.4 Å². The lowest BCUT2D eigenvalue weighted by molar-refractivity contribution is -0.136. The Hall–Kier alpha value is -2.20. The van der Waals surface area contributed by atoms with E-state index in [1.165, 1.54) is 30.4 Å². The SMILES string of the molecule is CN(CC1(c2ccc(F)cc2)CCCCC1)C(=O)C1CCN(Cc2ccccc2)CC1. The highest BCUT2D eigenvalue weighted by molar-refractivity contribution is 5.78. The van der Waals surface area contributed by atoms with Crippen molar-refractivity contribution in [3.05, 3.63) is 71.5 Å². The van der Waals surface area contributed by atoms with Gasteiger partial charge in [0.15, 0.2) is 0 Å². The van der Waals surface area contributed by atoms with Crippen LogP contribution in [0.15, 0.2) is 54.6 Å². The van der Waals surface area contributed by atoms with Gasteiger partial charge in [-0.1, -0.05) is 61.7 Å². The highest BCUT2D eigenvalue weighted by Crippen LogP contribution is 2.40. The van der Waals surface area contributed by atoms with Gasteiger partial charge in [-0.2, -0.15) is 0 Å². The molecule has 0 atom stereocenters. The molecule has 1 aliphatic heterocycles. The molecule has 166 valence electrons. The molecule has 0 aromatic heterocycles. The number of rotatable bonds is 6. The van der Waals surface area contributed by atoms with Gasteiger partial charge in [-0.15, -0.1) is 0 Å². The van der Waals surface area contributed by atoms with E-state index < -0.39 is 0 Å². The van der Waals surface area contributed by atoms with E-state index in [-0.39, 0.29) is 23.1 Å². The molecule has 2 aromatic rings. The van der Waals surface area contributed by atoms with Crippen molar-refractivity contribution in [2.24, 2.45) is 5.92 Å². The van der Waals surface area contributed by atoms with Crippen molar-refractivity contribution in [1.29, 1.82) is 0 Å². The van der Waals surface area contributed by atoms with Crippen LogP contribution in [0.5, 0.6) is 0 Å². The predicted octanol–water partition coefficient (Wildman–Crippen LogP) is 5.40. The van der Waals surface area contributed by atoms with Crippen LogP contribution < -0.4 is 0 Å². The van der Waals surface area contributed by atoms with E-state index in [1.54, 1.807) is 12.1 Å². The second-order valence-corrected chi connectivity index (χ2v) is 9.58. The third-order valence-corrected chi connectivity index (χ3v) is 7.37. The van der Waals surface area contributed by atoms with Crippen LogP contribution in [0.1, 0.15) is 56.1 Å². The Morgan fingerprint density at radius 2 is 1.65 bits per heavy atom. The summed E-state index contributed by atoms with van der Waals surface area (Å²) < 4.78 is 13.5. The van der Waals surface area contributed by atoms with Crippen LogP contribution >= 0.6 is 0 Å². The molecule has 4 rings (SSSR count). The molecule has 4 heteroatoms. The largest absolute Gasteiger partial charge is 0.345 e. The molecule has 1 amide bonds. The van der Waals surface area contributed by atoms with E-state index in [0.29, 0.717) is 0 Å². The average Bonchev–Trinajstić information content (AvgIpc) is 2.81. The number of carbonyl (C=O) groups is 1. The maximum Gasteiger partial charge on any atom is 0.225 e. The number of piperidine rings is 1. The van der Waals surface area contributed by atoms with Crippen molar-refractivity contribution in [2.75, 3.05) is 26.7 Å². The Kier molecular flexibility index (Phi) is 7.06. The molecule has 0 radical (unpaired) electrons. The normalized spacial score (nSPS) is 19.8. The lowest BCUT2D eigenvalue weighted by Gasteiger charge is -2.42. The number of likely N-dealkylation sites (N-methyl/N-ethyl adjacent to an activating group) is 1. The summed E-state index contributed by atoms with van der Waals surface area (Å²) in [5, 5.41) is 0. The molecule has 31 heavy (non-hydrogen) atoms. The maximum absolute atomic E-state index is 13.5. The smallest absolute Gasteiger partial charge is 0.225 e. The minimum atomic E-state index is -0.193. The van der Waals surface area contributed by atoms with Gasteiger partial charge in [0.2, 0.25) is 5.91 Å². The second kappa shape index (κ2) is 9.95. The van der Waals surface area contributed by atoms with Crippen molar-refractivity contribution < 1.29 is 9.18 Å². The fraction of sp³-hybridized carbons (Fsp3) is 0.519. The van der Waals surface area contributed by atoms with E-state index in [4.69, 9.17) is 0 Å². The molecule has 0 unspecified atom stereocenters. The van der Waals surface area contributed by atoms with E-state index in [1.807, 2.05) is 24.1 Å². The summed E-state index contributed by atoms with van der Waals surface area (Å²) in [7, 11) is 1.97. The van der Waals surface area contributed by atoms with E-state index in [0.717, 1.165) is 51.9 Å². The summed E-state index contributed by atoms with van der Waals surface area (Å²) in [6.45, 7) is 3.65. The number of hydrogen-bond donors (Lipinski definition) is 0. The quantitative estimate of drug-likeness (QED) is 0.622. The molecule has 0 bridgehead atoms. The maximum atomic E-state index is 13.5. The number of likely N-dealkylation sites (tertiary alicyclic amines) is 1. The average molecular weight is 423 g/mol. The molecule has 2 aromatic carbocycles. The minimum absolute atomic E-state index is 0.0373. The molecule has 1 saturated heterocycles. The summed E-state index contributed by atoms with van der Waals surface area (Å²) in [6.07, 6.45) is 7.62. The van der Waals surface area contributed by atoms with Gasteiger partial charge in [0, 0.05) is 31.5 Å². The molecule has 1 heterocycles. The molecule has 2 aliphatic rings. The van der Waals surface area contributed by atoms with Gasteiger partial charge in [0.05, 0.1) is 0 Å². The standard InChI is InChI=1S/C27H35FN2O/c1-29(21-27(16-6-3-7-17-27)24-10-12-25(28)13-11-24)26(31)23-14-18-30(19-15-23)20-22-8-4-2-5-9-22/h2,4-5,8-13,23H,3,6-7,14-21H2,1H3. The molecule has 0 N–H and O–H groups in total. The Morgan fingerprint density at radius 1 is 1.00 bits per heavy atom. The van der Waals surface area contributed by atoms with Crippen molar-refractivity contribution >= 4 is 5.91 Å². The second-order valence-electron chi connectivity index (χ2n) is 9.58. The van der Waals surface area contributed by atoms with Crippen LogP contribution in [-0.2, 0) is 16.8 Å². The van der Waals surface area contributed by atoms with Crippen molar-refractivity contribution in [3.8, 4) is 0 Å². The van der Waals surface area contributed by atoms with Crippen LogP contribution in [0.2, 0.25) is 0 Å². The van der Waals surface area contributed by atoms with Gasteiger partial charge in [-0.25, -0.2) is 4.39 Å². The Labute approximate surface area is 186 Å². The highest BCUT2D eigenvalue weighted by atomic mass is 19.1. The number of benzene rings is 2. The Morgan fingerprint density at radius 3 is 2.29 bits per heavy atom. The number of carbonyl (C=O) groups excluding carboxylic acids is 1. The topological polar surface area (TPSA) is 23.6 Å². The summed E-state index contributed by atoms with van der Waals surface area (Å²) in [5.74, 6) is 0.207. The number of hydrogen-bond acceptors (Lipinski definition) is 2. The van der Waals surface area contributed by atoms with Crippen molar-refractivity contribution in [2.45, 2.75) is 56.9 Å². The molecule has 1 saturated carbocycles. The summed E-state index contributed by atoms with van der Waals surface area (Å²) in [6, 6.07) is 17.6. The zero-order valence-electron chi connectivity index (χ0n) is 18.7. The first kappa shape index (κ1) is 22.0. The number of nitrogens with zero attached hydrogens (tertiary/aromatic N) is 2. The van der Waals surface area contributed by atoms with Crippen LogP contribution in [0.3, 0.4) is 0 Å². The van der Waals surface area contributed by atoms with Crippen LogP contribution in [0, 0.1) is 11.7 Å². The van der Waals surface area contributed by atoms with Gasteiger partial charge in [0.1, 0.15) is 5.82 Å². The summed E-state index contributed by atoms with van der Waals surface area (Å²) in [5.41, 5.74) is 2.48. The lowest BCUT2D eigenvalue weighted by Crippen LogP contribution is -2.47. The first-order valence-electron chi connectivity index (χ1n) is 11.8. The zero-order chi connectivity index (χ0) is 21.7. The van der Waals surface area contributed by atoms with Gasteiger partial charge in [0.25, 0.3) is 0 Å². The van der Waals surface area contributed by atoms with E-state index >= 15 is 0 Å². The highest BCUT2D eigenvalue weighted by Gasteiger charge is 2.37. The fourth-order valence-corrected chi connectivity index (χ4v) is 5.59. The number of halogens is 1. The molecule has 1 aliphatic carbocycles. The van der Waals surface area contributed by atoms with Gasteiger partial charge in [-0.3, -0.25) is 9.69 Å². The van der Waals surface area contributed by atoms with Crippen LogP contribution in [0.25, 0.3) is 0 Å². The zero-order valence-corrected chi connectivity index (χ0v) is 18.7. The number of amides is 1. The summed E-state index contributed by atoms with van der Waals surface area (Å²) >= 11 is 0. The van der Waals surface area contributed by atoms with Crippen molar-refractivity contribution in [3.63, 3.8) is 0 Å². The van der Waals surface area contributed by atoms with Crippen molar-refractivity contribution in [1.82, 2.24) is 9.80 Å². The lowest BCUT2D eigenvalue weighted by atomic mass is 9.69. The first-order valence-corrected chi connectivity index (χ1v) is 11.8. The molecule has 2 fully saturated rings. The van der Waals surface area contributed by atoms with Crippen LogP contribution in [0.4, 0.5) is 4.39 Å². The Bertz CT molecular complexity index is 837. The molecule has 3 nitrogen and oxygen atoms in total. The van der Waals surface area contributed by atoms with E-state index in [2.05, 4.69) is 35.2 Å². The third-order valence-electron chi connectivity index (χ3n) is 7.37. The molecular weight excluding hydrogens is 387 g/mol. The minimum Gasteiger partial charge on any atom is -0.345 e. The Balaban J connectivity index is 1.36. The monoisotopic (exact) mass is 422 g/mol. The summed E-state index contributed by atoms with van der Waals surface area (Å²) in [4.78, 5) is 17.7. The van der Waals surface area contributed by atoms with E-state index in [9.17, 15) is 9.18 Å². The fourth-order valence-electron chi connectivity index (χ4n) is 5.59. The third kappa shape index (κ3) is 5.35. The van der Waals surface area contributed by atoms with Gasteiger partial charge in [-0.05, 0) is 62.0 Å². The van der Waals surface area contributed by atoms with Gasteiger partial charge >= 0.3 is 0 Å². The first-order chi connectivity index (χ1) is 15.1. The molecular formula is C27H35FN2O. The predicted molar refractivity (Wildman–Crippen MR) is 123 cm³/mol. The van der Waals surface area contributed by atoms with Gasteiger partial charge < -0.3 is 4.90 Å².